The lowest BCUT2D eigenvalue weighted by Gasteiger charge is -2.24. The lowest BCUT2D eigenvalue weighted by atomic mass is 10.4. The molecule has 0 aromatic rings. The standard InChI is InChI=1S/C10H22O4Si/c1-5-8-14-9-6-7-10-15(11-2,12-3)13-4/h5,8H,6-7,9-10H2,1-4H3. The first-order valence-electron chi connectivity index (χ1n) is 5.13. The van der Waals surface area contributed by atoms with Crippen molar-refractivity contribution in [3.05, 3.63) is 12.3 Å². The van der Waals surface area contributed by atoms with Crippen LogP contribution in [0.2, 0.25) is 6.04 Å². The van der Waals surface area contributed by atoms with E-state index in [1.165, 1.54) is 0 Å². The van der Waals surface area contributed by atoms with Gasteiger partial charge >= 0.3 is 8.80 Å². The van der Waals surface area contributed by atoms with E-state index in [9.17, 15) is 0 Å². The van der Waals surface area contributed by atoms with Crippen molar-refractivity contribution in [3.8, 4) is 0 Å². The summed E-state index contributed by atoms with van der Waals surface area (Å²) in [5.74, 6) is 0. The third-order valence-electron chi connectivity index (χ3n) is 2.16. The molecule has 0 spiro atoms. The number of ether oxygens (including phenoxy) is 1. The van der Waals surface area contributed by atoms with E-state index in [2.05, 4.69) is 0 Å². The first-order chi connectivity index (χ1) is 7.24. The van der Waals surface area contributed by atoms with Gasteiger partial charge in [0, 0.05) is 27.4 Å². The van der Waals surface area contributed by atoms with Crippen LogP contribution in [0, 0.1) is 0 Å². The summed E-state index contributed by atoms with van der Waals surface area (Å²) >= 11 is 0. The average molecular weight is 234 g/mol. The van der Waals surface area contributed by atoms with Gasteiger partial charge in [0.25, 0.3) is 0 Å². The minimum Gasteiger partial charge on any atom is -0.502 e. The van der Waals surface area contributed by atoms with Crippen molar-refractivity contribution in [2.24, 2.45) is 0 Å². The lowest BCUT2D eigenvalue weighted by molar-refractivity contribution is 0.122. The van der Waals surface area contributed by atoms with E-state index in [1.54, 1.807) is 27.6 Å². The van der Waals surface area contributed by atoms with Gasteiger partial charge in [0.2, 0.25) is 0 Å². The molecule has 0 aliphatic carbocycles. The number of rotatable bonds is 9. The molecule has 0 saturated heterocycles. The van der Waals surface area contributed by atoms with Crippen molar-refractivity contribution in [3.63, 3.8) is 0 Å². The summed E-state index contributed by atoms with van der Waals surface area (Å²) in [6.07, 6.45) is 5.54. The summed E-state index contributed by atoms with van der Waals surface area (Å²) in [7, 11) is 2.54. The molecule has 15 heavy (non-hydrogen) atoms. The van der Waals surface area contributed by atoms with Crippen LogP contribution in [0.15, 0.2) is 12.3 Å². The fraction of sp³-hybridized carbons (Fsp3) is 0.800. The Labute approximate surface area is 93.5 Å². The summed E-state index contributed by atoms with van der Waals surface area (Å²) in [6.45, 7) is 2.66. The second kappa shape index (κ2) is 8.91. The molecule has 0 bridgehead atoms. The maximum Gasteiger partial charge on any atom is 0.500 e. The van der Waals surface area contributed by atoms with Crippen LogP contribution in [0.3, 0.4) is 0 Å². The van der Waals surface area contributed by atoms with Crippen LogP contribution < -0.4 is 0 Å². The molecule has 0 amide bonds. The highest BCUT2D eigenvalue weighted by Gasteiger charge is 2.36. The third-order valence-corrected chi connectivity index (χ3v) is 4.99. The molecular weight excluding hydrogens is 212 g/mol. The lowest BCUT2D eigenvalue weighted by Crippen LogP contribution is -2.42. The summed E-state index contributed by atoms with van der Waals surface area (Å²) in [5, 5.41) is 0. The first-order valence-corrected chi connectivity index (χ1v) is 7.06. The van der Waals surface area contributed by atoms with E-state index >= 15 is 0 Å². The predicted octanol–water partition coefficient (Wildman–Crippen LogP) is 2.19. The predicted molar refractivity (Wildman–Crippen MR) is 61.6 cm³/mol. The molecule has 4 nitrogen and oxygen atoms in total. The zero-order valence-corrected chi connectivity index (χ0v) is 11.1. The molecule has 0 atom stereocenters. The molecule has 0 aliphatic rings. The van der Waals surface area contributed by atoms with Gasteiger partial charge in [0.05, 0.1) is 12.9 Å². The molecule has 0 fully saturated rings. The highest BCUT2D eigenvalue weighted by Crippen LogP contribution is 2.16. The zero-order valence-electron chi connectivity index (χ0n) is 10.1. The van der Waals surface area contributed by atoms with E-state index in [-0.39, 0.29) is 0 Å². The van der Waals surface area contributed by atoms with Crippen LogP contribution in [-0.4, -0.2) is 36.7 Å². The van der Waals surface area contributed by atoms with Crippen LogP contribution in [0.1, 0.15) is 19.8 Å². The molecule has 90 valence electrons. The van der Waals surface area contributed by atoms with Gasteiger partial charge in [-0.05, 0) is 19.8 Å². The molecule has 0 N–H and O–H groups in total. The van der Waals surface area contributed by atoms with E-state index in [4.69, 9.17) is 18.0 Å². The third kappa shape index (κ3) is 5.94. The summed E-state index contributed by atoms with van der Waals surface area (Å²) < 4.78 is 21.1. The Hall–Kier alpha value is -0.363. The molecule has 0 saturated carbocycles. The molecule has 0 aromatic carbocycles. The second-order valence-electron chi connectivity index (χ2n) is 3.09. The minimum atomic E-state index is -2.36. The Kier molecular flexibility index (Phi) is 8.69. The number of hydrogen-bond acceptors (Lipinski definition) is 4. The van der Waals surface area contributed by atoms with Crippen molar-refractivity contribution >= 4 is 8.80 Å². The summed E-state index contributed by atoms with van der Waals surface area (Å²) in [5.41, 5.74) is 0. The highest BCUT2D eigenvalue weighted by atomic mass is 28.4. The van der Waals surface area contributed by atoms with E-state index in [1.807, 2.05) is 13.0 Å². The van der Waals surface area contributed by atoms with Gasteiger partial charge in [-0.25, -0.2) is 0 Å². The summed E-state index contributed by atoms with van der Waals surface area (Å²) in [4.78, 5) is 0. The van der Waals surface area contributed by atoms with Gasteiger partial charge in [-0.3, -0.25) is 0 Å². The number of hydrogen-bond donors (Lipinski definition) is 0. The number of unbranched alkanes of at least 4 members (excludes halogenated alkanes) is 1. The maximum absolute atomic E-state index is 5.30. The first kappa shape index (κ1) is 14.6. The molecule has 0 aromatic heterocycles. The minimum absolute atomic E-state index is 0.728. The van der Waals surface area contributed by atoms with Gasteiger partial charge in [0.1, 0.15) is 0 Å². The number of allylic oxidation sites excluding steroid dienone is 1. The molecule has 0 aliphatic heterocycles. The van der Waals surface area contributed by atoms with Crippen molar-refractivity contribution in [1.82, 2.24) is 0 Å². The Morgan fingerprint density at radius 3 is 2.07 bits per heavy atom. The molecular formula is C10H22O4Si. The normalized spacial score (nSPS) is 12.3. The summed E-state index contributed by atoms with van der Waals surface area (Å²) in [6, 6.07) is 0.829. The highest BCUT2D eigenvalue weighted by molar-refractivity contribution is 6.60. The fourth-order valence-electron chi connectivity index (χ4n) is 1.25. The van der Waals surface area contributed by atoms with Gasteiger partial charge in [-0.15, -0.1) is 0 Å². The van der Waals surface area contributed by atoms with Crippen LogP contribution in [0.25, 0.3) is 0 Å². The van der Waals surface area contributed by atoms with Crippen molar-refractivity contribution in [1.29, 1.82) is 0 Å². The van der Waals surface area contributed by atoms with Gasteiger partial charge in [-0.1, -0.05) is 6.08 Å². The van der Waals surface area contributed by atoms with Gasteiger partial charge < -0.3 is 18.0 Å². The van der Waals surface area contributed by atoms with Crippen molar-refractivity contribution in [2.75, 3.05) is 27.9 Å². The van der Waals surface area contributed by atoms with Crippen LogP contribution in [-0.2, 0) is 18.0 Å². The Morgan fingerprint density at radius 2 is 1.60 bits per heavy atom. The molecule has 0 heterocycles. The maximum atomic E-state index is 5.30. The SMILES string of the molecule is CC=COCCCC[Si](OC)(OC)OC. The van der Waals surface area contributed by atoms with E-state index < -0.39 is 8.80 Å². The van der Waals surface area contributed by atoms with Crippen LogP contribution in [0.4, 0.5) is 0 Å². The topological polar surface area (TPSA) is 36.9 Å². The molecule has 5 heteroatoms. The quantitative estimate of drug-likeness (QED) is 0.348. The molecule has 0 rings (SSSR count). The van der Waals surface area contributed by atoms with Gasteiger partial charge in [0.15, 0.2) is 0 Å². The van der Waals surface area contributed by atoms with Crippen molar-refractivity contribution in [2.45, 2.75) is 25.8 Å². The van der Waals surface area contributed by atoms with E-state index in [0.29, 0.717) is 0 Å². The van der Waals surface area contributed by atoms with Crippen molar-refractivity contribution < 1.29 is 18.0 Å². The van der Waals surface area contributed by atoms with E-state index in [0.717, 1.165) is 25.5 Å². The van der Waals surface area contributed by atoms with Crippen LogP contribution in [0.5, 0.6) is 0 Å². The molecule has 0 unspecified atom stereocenters. The monoisotopic (exact) mass is 234 g/mol. The Bertz CT molecular complexity index is 161. The Morgan fingerprint density at radius 1 is 1.00 bits per heavy atom. The van der Waals surface area contributed by atoms with Gasteiger partial charge in [-0.2, -0.15) is 0 Å². The smallest absolute Gasteiger partial charge is 0.500 e. The molecule has 0 radical (unpaired) electrons. The fourth-order valence-corrected chi connectivity index (χ4v) is 3.04. The Balaban J connectivity index is 3.62. The second-order valence-corrected chi connectivity index (χ2v) is 6.18. The zero-order chi connectivity index (χ0) is 11.6. The van der Waals surface area contributed by atoms with Crippen LogP contribution >= 0.6 is 0 Å². The largest absolute Gasteiger partial charge is 0.502 e. The average Bonchev–Trinajstić information content (AvgIpc) is 2.29.